The normalized spacial score (nSPS) is 15.7. The molecule has 0 saturated carbocycles. The summed E-state index contributed by atoms with van der Waals surface area (Å²) in [6.45, 7) is 2.72. The zero-order chi connectivity index (χ0) is 13.4. The highest BCUT2D eigenvalue weighted by molar-refractivity contribution is 6.00. The molecule has 1 aliphatic heterocycles. The van der Waals surface area contributed by atoms with Gasteiger partial charge in [-0.05, 0) is 36.8 Å². The van der Waals surface area contributed by atoms with Gasteiger partial charge in [0.15, 0.2) is 0 Å². The summed E-state index contributed by atoms with van der Waals surface area (Å²) in [5.74, 6) is 1.01. The van der Waals surface area contributed by atoms with Crippen molar-refractivity contribution in [3.8, 4) is 0 Å². The van der Waals surface area contributed by atoms with Crippen molar-refractivity contribution < 1.29 is 8.81 Å². The number of hydrogen-bond donors (Lipinski definition) is 1. The zero-order valence-electron chi connectivity index (χ0n) is 10.7. The van der Waals surface area contributed by atoms with Gasteiger partial charge in [-0.3, -0.25) is 5.41 Å². The number of nitrogens with one attached hydrogen (secondary N) is 1. The fourth-order valence-corrected chi connectivity index (χ4v) is 2.53. The Bertz CT molecular complexity index is 607. The Kier molecular flexibility index (Phi) is 2.85. The second kappa shape index (κ2) is 4.53. The van der Waals surface area contributed by atoms with E-state index in [2.05, 4.69) is 6.92 Å². The molecular formula is C15H15FN2O. The Balaban J connectivity index is 1.79. The van der Waals surface area contributed by atoms with E-state index in [1.807, 2.05) is 17.0 Å². The molecule has 0 amide bonds. The maximum Gasteiger partial charge on any atom is 0.129 e. The fourth-order valence-electron chi connectivity index (χ4n) is 2.53. The van der Waals surface area contributed by atoms with Gasteiger partial charge >= 0.3 is 0 Å². The highest BCUT2D eigenvalue weighted by atomic mass is 19.1. The molecule has 98 valence electrons. The van der Waals surface area contributed by atoms with Crippen LogP contribution in [0.2, 0.25) is 0 Å². The van der Waals surface area contributed by atoms with Crippen molar-refractivity contribution >= 4 is 5.84 Å². The van der Waals surface area contributed by atoms with Crippen LogP contribution in [0, 0.1) is 11.2 Å². The third kappa shape index (κ3) is 2.14. The molecule has 2 heterocycles. The van der Waals surface area contributed by atoms with Crippen LogP contribution in [0.5, 0.6) is 0 Å². The molecule has 0 aliphatic carbocycles. The van der Waals surface area contributed by atoms with Crippen LogP contribution >= 0.6 is 0 Å². The molecule has 0 saturated heterocycles. The minimum absolute atomic E-state index is 0.147. The van der Waals surface area contributed by atoms with E-state index in [1.165, 1.54) is 12.1 Å². The molecule has 0 radical (unpaired) electrons. The molecule has 1 aliphatic rings. The summed E-state index contributed by atoms with van der Waals surface area (Å²) < 4.78 is 18.6. The van der Waals surface area contributed by atoms with Crippen LogP contribution < -0.4 is 0 Å². The van der Waals surface area contributed by atoms with Gasteiger partial charge in [0.05, 0.1) is 6.26 Å². The standard InChI is InChI=1S/C15H15FN2O/c1-10(7-13-3-2-6-19-13)18-9-11-4-5-12(16)8-14(11)15(18)17/h2-6,8,10,17H,7,9H2,1H3. The van der Waals surface area contributed by atoms with Crippen LogP contribution in [0.25, 0.3) is 0 Å². The summed E-state index contributed by atoms with van der Waals surface area (Å²) >= 11 is 0. The monoisotopic (exact) mass is 258 g/mol. The predicted molar refractivity (Wildman–Crippen MR) is 70.6 cm³/mol. The van der Waals surface area contributed by atoms with Gasteiger partial charge in [-0.1, -0.05) is 6.07 Å². The number of hydrogen-bond acceptors (Lipinski definition) is 2. The van der Waals surface area contributed by atoms with Crippen LogP contribution in [0.3, 0.4) is 0 Å². The third-order valence-corrected chi connectivity index (χ3v) is 3.56. The first-order valence-corrected chi connectivity index (χ1v) is 6.31. The lowest BCUT2D eigenvalue weighted by Crippen LogP contribution is -2.34. The molecule has 0 bridgehead atoms. The number of furan rings is 1. The van der Waals surface area contributed by atoms with E-state index in [9.17, 15) is 4.39 Å². The fraction of sp³-hybridized carbons (Fsp3) is 0.267. The van der Waals surface area contributed by atoms with Crippen molar-refractivity contribution in [1.29, 1.82) is 5.41 Å². The highest BCUT2D eigenvalue weighted by Crippen LogP contribution is 2.26. The molecule has 0 spiro atoms. The quantitative estimate of drug-likeness (QED) is 0.918. The van der Waals surface area contributed by atoms with Crippen molar-refractivity contribution in [3.63, 3.8) is 0 Å². The molecule has 3 nitrogen and oxygen atoms in total. The van der Waals surface area contributed by atoms with Gasteiger partial charge in [0.2, 0.25) is 0 Å². The number of halogens is 1. The van der Waals surface area contributed by atoms with Crippen LogP contribution in [0.15, 0.2) is 41.0 Å². The molecule has 1 unspecified atom stereocenters. The van der Waals surface area contributed by atoms with Gasteiger partial charge in [-0.2, -0.15) is 0 Å². The van der Waals surface area contributed by atoms with Gasteiger partial charge in [-0.25, -0.2) is 4.39 Å². The SMILES string of the molecule is CC(Cc1ccco1)N1Cc2ccc(F)cc2C1=N. The summed E-state index contributed by atoms with van der Waals surface area (Å²) in [4.78, 5) is 1.98. The molecular weight excluding hydrogens is 243 g/mol. The second-order valence-electron chi connectivity index (χ2n) is 4.91. The van der Waals surface area contributed by atoms with Crippen LogP contribution in [0.1, 0.15) is 23.8 Å². The van der Waals surface area contributed by atoms with Gasteiger partial charge in [0.25, 0.3) is 0 Å². The van der Waals surface area contributed by atoms with Crippen molar-refractivity contribution in [2.24, 2.45) is 0 Å². The molecule has 2 aromatic rings. The van der Waals surface area contributed by atoms with Crippen molar-refractivity contribution in [2.75, 3.05) is 0 Å². The van der Waals surface area contributed by atoms with E-state index in [0.29, 0.717) is 17.9 Å². The third-order valence-electron chi connectivity index (χ3n) is 3.56. The van der Waals surface area contributed by atoms with Gasteiger partial charge in [0, 0.05) is 24.6 Å². The van der Waals surface area contributed by atoms with Gasteiger partial charge in [0.1, 0.15) is 17.4 Å². The Morgan fingerprint density at radius 3 is 3.00 bits per heavy atom. The summed E-state index contributed by atoms with van der Waals surface area (Å²) in [6, 6.07) is 8.60. The van der Waals surface area contributed by atoms with E-state index in [1.54, 1.807) is 12.3 Å². The first-order chi connectivity index (χ1) is 9.15. The van der Waals surface area contributed by atoms with Crippen LogP contribution in [-0.2, 0) is 13.0 Å². The van der Waals surface area contributed by atoms with E-state index in [4.69, 9.17) is 9.83 Å². The first-order valence-electron chi connectivity index (χ1n) is 6.31. The molecule has 1 atom stereocenters. The summed E-state index contributed by atoms with van der Waals surface area (Å²) in [7, 11) is 0. The molecule has 1 aromatic carbocycles. The molecule has 1 N–H and O–H groups in total. The van der Waals surface area contributed by atoms with Crippen molar-refractivity contribution in [2.45, 2.75) is 25.9 Å². The lowest BCUT2D eigenvalue weighted by molar-refractivity contribution is 0.315. The topological polar surface area (TPSA) is 40.2 Å². The number of rotatable bonds is 3. The Morgan fingerprint density at radius 2 is 2.26 bits per heavy atom. The number of amidine groups is 1. The number of benzene rings is 1. The molecule has 0 fully saturated rings. The smallest absolute Gasteiger partial charge is 0.129 e. The van der Waals surface area contributed by atoms with E-state index in [-0.39, 0.29) is 11.9 Å². The lowest BCUT2D eigenvalue weighted by atomic mass is 10.1. The Hall–Kier alpha value is -2.10. The maximum absolute atomic E-state index is 13.2. The van der Waals surface area contributed by atoms with E-state index in [0.717, 1.165) is 17.7 Å². The van der Waals surface area contributed by atoms with Gasteiger partial charge < -0.3 is 9.32 Å². The Morgan fingerprint density at radius 1 is 1.42 bits per heavy atom. The van der Waals surface area contributed by atoms with Crippen LogP contribution in [-0.4, -0.2) is 16.8 Å². The first kappa shape index (κ1) is 12.0. The Labute approximate surface area is 111 Å². The summed E-state index contributed by atoms with van der Waals surface area (Å²) in [5, 5.41) is 8.17. The number of fused-ring (bicyclic) bond motifs is 1. The summed E-state index contributed by atoms with van der Waals surface area (Å²) in [5.41, 5.74) is 1.71. The molecule has 4 heteroatoms. The average molecular weight is 258 g/mol. The van der Waals surface area contributed by atoms with Crippen LogP contribution in [0.4, 0.5) is 4.39 Å². The molecule has 19 heavy (non-hydrogen) atoms. The minimum atomic E-state index is -0.288. The largest absolute Gasteiger partial charge is 0.469 e. The number of nitrogens with zero attached hydrogens (tertiary/aromatic N) is 1. The minimum Gasteiger partial charge on any atom is -0.469 e. The van der Waals surface area contributed by atoms with E-state index < -0.39 is 0 Å². The summed E-state index contributed by atoms with van der Waals surface area (Å²) in [6.07, 6.45) is 2.40. The zero-order valence-corrected chi connectivity index (χ0v) is 10.7. The van der Waals surface area contributed by atoms with Crippen molar-refractivity contribution in [1.82, 2.24) is 4.90 Å². The average Bonchev–Trinajstić information content (AvgIpc) is 2.98. The highest BCUT2D eigenvalue weighted by Gasteiger charge is 2.28. The second-order valence-corrected chi connectivity index (χ2v) is 4.91. The van der Waals surface area contributed by atoms with E-state index >= 15 is 0 Å². The van der Waals surface area contributed by atoms with Gasteiger partial charge in [-0.15, -0.1) is 0 Å². The molecule has 3 rings (SSSR count). The van der Waals surface area contributed by atoms with Crippen molar-refractivity contribution in [3.05, 3.63) is 59.3 Å². The predicted octanol–water partition coefficient (Wildman–Crippen LogP) is 3.19. The maximum atomic E-state index is 13.2. The molecule has 1 aromatic heterocycles. The lowest BCUT2D eigenvalue weighted by Gasteiger charge is -2.25.